The number of carbonyl (C=O) groups excluding carboxylic acids is 2. The van der Waals surface area contributed by atoms with E-state index in [1.807, 2.05) is 23.6 Å². The zero-order chi connectivity index (χ0) is 13.1. The zero-order valence-corrected chi connectivity index (χ0v) is 12.0. The summed E-state index contributed by atoms with van der Waals surface area (Å²) in [4.78, 5) is 26.1. The second kappa shape index (κ2) is 5.95. The summed E-state index contributed by atoms with van der Waals surface area (Å²) >= 11 is 1.94. The van der Waals surface area contributed by atoms with E-state index in [-0.39, 0.29) is 36.4 Å². The third-order valence-corrected chi connectivity index (χ3v) is 5.07. The van der Waals surface area contributed by atoms with E-state index in [0.29, 0.717) is 0 Å². The summed E-state index contributed by atoms with van der Waals surface area (Å²) in [5.74, 6) is 2.54. The normalized spacial score (nSPS) is 28.1. The zero-order valence-electron chi connectivity index (χ0n) is 11.1. The van der Waals surface area contributed by atoms with Gasteiger partial charge in [0, 0.05) is 6.04 Å². The Kier molecular flexibility index (Phi) is 4.54. The monoisotopic (exact) mass is 270 g/mol. The van der Waals surface area contributed by atoms with E-state index in [9.17, 15) is 9.59 Å². The Bertz CT molecular complexity index is 329. The Morgan fingerprint density at radius 2 is 2.06 bits per heavy atom. The van der Waals surface area contributed by atoms with Crippen LogP contribution < -0.4 is 5.32 Å². The van der Waals surface area contributed by atoms with Gasteiger partial charge in [0.05, 0.1) is 6.54 Å². The lowest BCUT2D eigenvalue weighted by atomic mass is 9.94. The van der Waals surface area contributed by atoms with Gasteiger partial charge in [0.25, 0.3) is 0 Å². The fourth-order valence-corrected chi connectivity index (χ4v) is 3.70. The molecule has 0 aromatic rings. The van der Waals surface area contributed by atoms with E-state index in [0.717, 1.165) is 30.8 Å². The number of carbonyl (C=O) groups is 2. The molecule has 2 aliphatic heterocycles. The average molecular weight is 270 g/mol. The number of amides is 2. The molecule has 2 heterocycles. The molecule has 0 bridgehead atoms. The van der Waals surface area contributed by atoms with Crippen LogP contribution in [0.2, 0.25) is 0 Å². The third-order valence-electron chi connectivity index (χ3n) is 4.02. The van der Waals surface area contributed by atoms with Crippen molar-refractivity contribution < 1.29 is 9.59 Å². The van der Waals surface area contributed by atoms with Gasteiger partial charge in [-0.25, -0.2) is 0 Å². The minimum atomic E-state index is -0.314. The van der Waals surface area contributed by atoms with Gasteiger partial charge in [-0.1, -0.05) is 20.3 Å². The molecular weight excluding hydrogens is 248 g/mol. The molecule has 2 saturated heterocycles. The average Bonchev–Trinajstić information content (AvgIpc) is 2.41. The van der Waals surface area contributed by atoms with Crippen LogP contribution in [0.5, 0.6) is 0 Å². The molecule has 18 heavy (non-hydrogen) atoms. The molecule has 0 radical (unpaired) electrons. The topological polar surface area (TPSA) is 49.4 Å². The maximum Gasteiger partial charge on any atom is 0.246 e. The summed E-state index contributed by atoms with van der Waals surface area (Å²) < 4.78 is 0. The molecule has 2 fully saturated rings. The predicted octanol–water partition coefficient (Wildman–Crippen LogP) is 1.26. The summed E-state index contributed by atoms with van der Waals surface area (Å²) in [6.45, 7) is 4.34. The second-order valence-electron chi connectivity index (χ2n) is 5.24. The van der Waals surface area contributed by atoms with Crippen molar-refractivity contribution in [3.63, 3.8) is 0 Å². The lowest BCUT2D eigenvalue weighted by Crippen LogP contribution is -2.62. The van der Waals surface area contributed by atoms with Crippen molar-refractivity contribution in [2.24, 2.45) is 5.92 Å². The Morgan fingerprint density at radius 1 is 1.39 bits per heavy atom. The van der Waals surface area contributed by atoms with Crippen molar-refractivity contribution >= 4 is 23.6 Å². The third kappa shape index (κ3) is 2.82. The fraction of sp³-hybridized carbons (Fsp3) is 0.846. The van der Waals surface area contributed by atoms with E-state index in [4.69, 9.17) is 0 Å². The molecule has 102 valence electrons. The summed E-state index contributed by atoms with van der Waals surface area (Å²) in [5.41, 5.74) is 0. The summed E-state index contributed by atoms with van der Waals surface area (Å²) in [5, 5.41) is 2.85. The van der Waals surface area contributed by atoms with Crippen LogP contribution in [0.3, 0.4) is 0 Å². The van der Waals surface area contributed by atoms with E-state index < -0.39 is 0 Å². The highest BCUT2D eigenvalue weighted by atomic mass is 32.2. The molecule has 2 atom stereocenters. The molecule has 0 spiro atoms. The van der Waals surface area contributed by atoms with Crippen molar-refractivity contribution in [2.75, 3.05) is 18.1 Å². The highest BCUT2D eigenvalue weighted by Crippen LogP contribution is 2.25. The van der Waals surface area contributed by atoms with Crippen molar-refractivity contribution in [3.8, 4) is 0 Å². The molecule has 2 unspecified atom stereocenters. The first-order valence-corrected chi connectivity index (χ1v) is 7.96. The summed E-state index contributed by atoms with van der Waals surface area (Å²) in [6, 6.07) is -0.0396. The van der Waals surface area contributed by atoms with Gasteiger partial charge in [0.15, 0.2) is 0 Å². The van der Waals surface area contributed by atoms with Gasteiger partial charge in [-0.3, -0.25) is 9.59 Å². The van der Waals surface area contributed by atoms with Crippen molar-refractivity contribution in [2.45, 2.75) is 45.2 Å². The van der Waals surface area contributed by atoms with Crippen LogP contribution >= 0.6 is 11.8 Å². The van der Waals surface area contributed by atoms with Crippen LogP contribution in [0.15, 0.2) is 0 Å². The minimum absolute atomic E-state index is 0.00173. The quantitative estimate of drug-likeness (QED) is 0.840. The Balaban J connectivity index is 2.09. The Labute approximate surface area is 113 Å². The van der Waals surface area contributed by atoms with Gasteiger partial charge in [0.1, 0.15) is 6.04 Å². The minimum Gasteiger partial charge on any atom is -0.342 e. The number of nitrogens with zero attached hydrogens (tertiary/aromatic N) is 1. The highest BCUT2D eigenvalue weighted by Gasteiger charge is 2.38. The van der Waals surface area contributed by atoms with Crippen LogP contribution in [0.25, 0.3) is 0 Å². The number of hydrogen-bond donors (Lipinski definition) is 1. The molecule has 0 aromatic carbocycles. The number of nitrogens with one attached hydrogen (secondary N) is 1. The maximum absolute atomic E-state index is 12.5. The number of rotatable bonds is 3. The smallest absolute Gasteiger partial charge is 0.246 e. The van der Waals surface area contributed by atoms with Gasteiger partial charge in [-0.05, 0) is 30.3 Å². The number of piperazine rings is 1. The molecular formula is C13H22N2O2S. The predicted molar refractivity (Wildman–Crippen MR) is 73.4 cm³/mol. The standard InChI is InChI=1S/C13H22N2O2S/c1-3-9(2)12-13(17)15(8-11(16)14-12)10-4-6-18-7-5-10/h9-10,12H,3-8H2,1-2H3,(H,14,16). The second-order valence-corrected chi connectivity index (χ2v) is 6.47. The van der Waals surface area contributed by atoms with Gasteiger partial charge in [-0.2, -0.15) is 11.8 Å². The molecule has 4 nitrogen and oxygen atoms in total. The molecule has 5 heteroatoms. The first-order chi connectivity index (χ1) is 8.63. The number of thioether (sulfide) groups is 1. The Hall–Kier alpha value is -0.710. The van der Waals surface area contributed by atoms with Gasteiger partial charge < -0.3 is 10.2 Å². The Morgan fingerprint density at radius 3 is 2.67 bits per heavy atom. The van der Waals surface area contributed by atoms with Crippen LogP contribution in [0.4, 0.5) is 0 Å². The largest absolute Gasteiger partial charge is 0.342 e. The van der Waals surface area contributed by atoms with E-state index in [1.54, 1.807) is 0 Å². The lowest BCUT2D eigenvalue weighted by molar-refractivity contribution is -0.148. The van der Waals surface area contributed by atoms with Crippen molar-refractivity contribution in [1.82, 2.24) is 10.2 Å². The maximum atomic E-state index is 12.5. The van der Waals surface area contributed by atoms with E-state index in [1.165, 1.54) is 0 Å². The molecule has 1 N–H and O–H groups in total. The number of hydrogen-bond acceptors (Lipinski definition) is 3. The fourth-order valence-electron chi connectivity index (χ4n) is 2.62. The van der Waals surface area contributed by atoms with Crippen LogP contribution in [0.1, 0.15) is 33.1 Å². The van der Waals surface area contributed by atoms with Gasteiger partial charge in [-0.15, -0.1) is 0 Å². The van der Waals surface area contributed by atoms with Gasteiger partial charge in [0.2, 0.25) is 11.8 Å². The molecule has 2 aliphatic rings. The van der Waals surface area contributed by atoms with Crippen LogP contribution in [-0.2, 0) is 9.59 Å². The SMILES string of the molecule is CCC(C)C1NC(=O)CN(C2CCSCC2)C1=O. The molecule has 2 amide bonds. The summed E-state index contributed by atoms with van der Waals surface area (Å²) in [6.07, 6.45) is 2.96. The lowest BCUT2D eigenvalue weighted by Gasteiger charge is -2.40. The molecule has 2 rings (SSSR count). The summed E-state index contributed by atoms with van der Waals surface area (Å²) in [7, 11) is 0. The highest BCUT2D eigenvalue weighted by molar-refractivity contribution is 7.99. The molecule has 0 saturated carbocycles. The van der Waals surface area contributed by atoms with E-state index in [2.05, 4.69) is 12.2 Å². The van der Waals surface area contributed by atoms with Gasteiger partial charge >= 0.3 is 0 Å². The first-order valence-electron chi connectivity index (χ1n) is 6.81. The van der Waals surface area contributed by atoms with Crippen molar-refractivity contribution in [1.29, 1.82) is 0 Å². The molecule has 0 aliphatic carbocycles. The first kappa shape index (κ1) is 13.7. The van der Waals surface area contributed by atoms with Crippen LogP contribution in [-0.4, -0.2) is 46.8 Å². The van der Waals surface area contributed by atoms with Crippen LogP contribution in [0, 0.1) is 5.92 Å². The molecule has 0 aromatic heterocycles. The van der Waals surface area contributed by atoms with Crippen molar-refractivity contribution in [3.05, 3.63) is 0 Å². The van der Waals surface area contributed by atoms with E-state index >= 15 is 0 Å².